The highest BCUT2D eigenvalue weighted by molar-refractivity contribution is 9.11. The number of rotatable bonds is 4. The molecule has 1 N–H and O–H groups in total. The van der Waals surface area contributed by atoms with Gasteiger partial charge in [-0.2, -0.15) is 0 Å². The summed E-state index contributed by atoms with van der Waals surface area (Å²) in [7, 11) is 0. The zero-order valence-corrected chi connectivity index (χ0v) is 13.7. The van der Waals surface area contributed by atoms with Crippen LogP contribution in [0.1, 0.15) is 24.1 Å². The Morgan fingerprint density at radius 1 is 1.41 bits per heavy atom. The summed E-state index contributed by atoms with van der Waals surface area (Å²) in [5.74, 6) is 0. The van der Waals surface area contributed by atoms with Gasteiger partial charge in [0.05, 0.1) is 18.5 Å². The molecule has 0 amide bonds. The first-order valence-electron chi connectivity index (χ1n) is 5.04. The molecule has 0 saturated heterocycles. The second-order valence-electron chi connectivity index (χ2n) is 3.45. The molecular weight excluding hydrogens is 361 g/mol. The zero-order valence-electron chi connectivity index (χ0n) is 8.97. The molecule has 2 aromatic heterocycles. The Morgan fingerprint density at radius 3 is 2.65 bits per heavy atom. The van der Waals surface area contributed by atoms with Gasteiger partial charge in [0, 0.05) is 5.56 Å². The number of hydrogen-bond donors (Lipinski definition) is 1. The molecule has 1 nitrogen and oxygen atoms in total. The van der Waals surface area contributed by atoms with Crippen molar-refractivity contribution in [1.29, 1.82) is 0 Å². The van der Waals surface area contributed by atoms with Crippen LogP contribution < -0.4 is 5.32 Å². The van der Waals surface area contributed by atoms with Crippen LogP contribution in [0.3, 0.4) is 0 Å². The maximum Gasteiger partial charge on any atom is 0.0995 e. The van der Waals surface area contributed by atoms with Gasteiger partial charge in [0.25, 0.3) is 0 Å². The standard InChI is InChI=1S/C11H10BrCl2NS2/c1-2-15-10(6-3-8(12)16-5-6)7-4-9(13)17-11(7)14/h3-5,10,15H,2H2,1H3. The van der Waals surface area contributed by atoms with Gasteiger partial charge in [-0.1, -0.05) is 30.1 Å². The van der Waals surface area contributed by atoms with Gasteiger partial charge in [0.2, 0.25) is 0 Å². The number of nitrogens with one attached hydrogen (secondary N) is 1. The Hall–Kier alpha value is 0.420. The number of hydrogen-bond acceptors (Lipinski definition) is 3. The van der Waals surface area contributed by atoms with E-state index in [1.807, 2.05) is 6.07 Å². The Balaban J connectivity index is 2.38. The van der Waals surface area contributed by atoms with Gasteiger partial charge in [-0.05, 0) is 45.6 Å². The van der Waals surface area contributed by atoms with E-state index in [4.69, 9.17) is 23.2 Å². The van der Waals surface area contributed by atoms with Crippen LogP contribution in [0.2, 0.25) is 8.67 Å². The van der Waals surface area contributed by atoms with Crippen LogP contribution in [0.4, 0.5) is 0 Å². The molecule has 0 aliphatic heterocycles. The highest BCUT2D eigenvalue weighted by atomic mass is 79.9. The summed E-state index contributed by atoms with van der Waals surface area (Å²) in [6.45, 7) is 2.96. The minimum absolute atomic E-state index is 0.110. The summed E-state index contributed by atoms with van der Waals surface area (Å²) in [5, 5.41) is 5.56. The van der Waals surface area contributed by atoms with E-state index >= 15 is 0 Å². The van der Waals surface area contributed by atoms with Crippen LogP contribution in [0, 0.1) is 0 Å². The largest absolute Gasteiger partial charge is 0.306 e. The van der Waals surface area contributed by atoms with Crippen molar-refractivity contribution in [1.82, 2.24) is 5.32 Å². The Morgan fingerprint density at radius 2 is 2.18 bits per heavy atom. The normalized spacial score (nSPS) is 12.9. The maximum absolute atomic E-state index is 6.22. The van der Waals surface area contributed by atoms with Crippen molar-refractivity contribution in [2.45, 2.75) is 13.0 Å². The van der Waals surface area contributed by atoms with Crippen molar-refractivity contribution in [2.75, 3.05) is 6.54 Å². The summed E-state index contributed by atoms with van der Waals surface area (Å²) in [4.78, 5) is 0. The Labute approximate surface area is 127 Å². The zero-order chi connectivity index (χ0) is 12.4. The van der Waals surface area contributed by atoms with Gasteiger partial charge in [-0.15, -0.1) is 22.7 Å². The monoisotopic (exact) mass is 369 g/mol. The van der Waals surface area contributed by atoms with E-state index in [0.29, 0.717) is 0 Å². The number of halogens is 3. The summed E-state index contributed by atoms with van der Waals surface area (Å²) in [5.41, 5.74) is 2.26. The predicted molar refractivity (Wildman–Crippen MR) is 81.9 cm³/mol. The average Bonchev–Trinajstić information content (AvgIpc) is 2.82. The van der Waals surface area contributed by atoms with Crippen molar-refractivity contribution in [3.05, 3.63) is 41.1 Å². The molecular formula is C11H10BrCl2NS2. The molecule has 0 aliphatic rings. The molecule has 0 spiro atoms. The van der Waals surface area contributed by atoms with Gasteiger partial charge in [0.15, 0.2) is 0 Å². The highest BCUT2D eigenvalue weighted by Crippen LogP contribution is 2.38. The summed E-state index contributed by atoms with van der Waals surface area (Å²) in [6.07, 6.45) is 0. The molecule has 0 bridgehead atoms. The molecule has 0 saturated carbocycles. The van der Waals surface area contributed by atoms with Crippen LogP contribution in [-0.4, -0.2) is 6.54 Å². The lowest BCUT2D eigenvalue weighted by Gasteiger charge is -2.16. The van der Waals surface area contributed by atoms with Gasteiger partial charge >= 0.3 is 0 Å². The van der Waals surface area contributed by atoms with Crippen LogP contribution in [0.15, 0.2) is 21.3 Å². The van der Waals surface area contributed by atoms with Gasteiger partial charge in [-0.25, -0.2) is 0 Å². The third-order valence-electron chi connectivity index (χ3n) is 2.32. The van der Waals surface area contributed by atoms with E-state index in [9.17, 15) is 0 Å². The molecule has 17 heavy (non-hydrogen) atoms. The molecule has 2 heterocycles. The molecule has 0 radical (unpaired) electrons. The molecule has 0 fully saturated rings. The summed E-state index contributed by atoms with van der Waals surface area (Å²) in [6, 6.07) is 4.16. The molecule has 6 heteroatoms. The molecule has 1 unspecified atom stereocenters. The molecule has 2 rings (SSSR count). The fraction of sp³-hybridized carbons (Fsp3) is 0.273. The molecule has 0 aliphatic carbocycles. The van der Waals surface area contributed by atoms with Crippen molar-refractivity contribution < 1.29 is 0 Å². The van der Waals surface area contributed by atoms with E-state index in [2.05, 4.69) is 39.6 Å². The third-order valence-corrected chi connectivity index (χ3v) is 5.36. The summed E-state index contributed by atoms with van der Waals surface area (Å²) < 4.78 is 2.60. The molecule has 2 aromatic rings. The topological polar surface area (TPSA) is 12.0 Å². The van der Waals surface area contributed by atoms with E-state index < -0.39 is 0 Å². The highest BCUT2D eigenvalue weighted by Gasteiger charge is 2.19. The Bertz CT molecular complexity index is 509. The third kappa shape index (κ3) is 3.25. The molecule has 92 valence electrons. The second-order valence-corrected chi connectivity index (χ2v) is 8.03. The van der Waals surface area contributed by atoms with E-state index in [-0.39, 0.29) is 6.04 Å². The van der Waals surface area contributed by atoms with Crippen LogP contribution in [0.25, 0.3) is 0 Å². The quantitative estimate of drug-likeness (QED) is 0.740. The smallest absolute Gasteiger partial charge is 0.0995 e. The lowest BCUT2D eigenvalue weighted by atomic mass is 10.0. The van der Waals surface area contributed by atoms with E-state index in [0.717, 1.165) is 24.6 Å². The first kappa shape index (κ1) is 13.8. The first-order valence-corrected chi connectivity index (χ1v) is 8.28. The van der Waals surface area contributed by atoms with Crippen molar-refractivity contribution in [3.8, 4) is 0 Å². The number of thiophene rings is 2. The maximum atomic E-state index is 6.22. The summed E-state index contributed by atoms with van der Waals surface area (Å²) >= 11 is 18.8. The Kier molecular flexibility index (Phi) is 4.92. The predicted octanol–water partition coefficient (Wildman–Crippen LogP) is 5.58. The minimum atomic E-state index is 0.110. The van der Waals surface area contributed by atoms with Crippen LogP contribution >= 0.6 is 61.8 Å². The second kappa shape index (κ2) is 6.04. The minimum Gasteiger partial charge on any atom is -0.306 e. The van der Waals surface area contributed by atoms with Crippen molar-refractivity contribution >= 4 is 61.8 Å². The average molecular weight is 371 g/mol. The first-order chi connectivity index (χ1) is 8.11. The van der Waals surface area contributed by atoms with E-state index in [1.165, 1.54) is 16.9 Å². The molecule has 1 atom stereocenters. The van der Waals surface area contributed by atoms with Gasteiger partial charge in [-0.3, -0.25) is 0 Å². The lowest BCUT2D eigenvalue weighted by Crippen LogP contribution is -2.21. The van der Waals surface area contributed by atoms with Crippen molar-refractivity contribution in [3.63, 3.8) is 0 Å². The fourth-order valence-electron chi connectivity index (χ4n) is 1.64. The SMILES string of the molecule is CCNC(c1csc(Br)c1)c1cc(Cl)sc1Cl. The van der Waals surface area contributed by atoms with Gasteiger partial charge < -0.3 is 5.32 Å². The van der Waals surface area contributed by atoms with Crippen molar-refractivity contribution in [2.24, 2.45) is 0 Å². The van der Waals surface area contributed by atoms with E-state index in [1.54, 1.807) is 11.3 Å². The lowest BCUT2D eigenvalue weighted by molar-refractivity contribution is 0.634. The van der Waals surface area contributed by atoms with Gasteiger partial charge in [0.1, 0.15) is 0 Å². The fourth-order valence-corrected chi connectivity index (χ4v) is 4.37. The molecule has 0 aromatic carbocycles. The van der Waals surface area contributed by atoms with Crippen LogP contribution in [-0.2, 0) is 0 Å². The van der Waals surface area contributed by atoms with Crippen LogP contribution in [0.5, 0.6) is 0 Å².